The molecule has 1 aliphatic rings. The molecule has 0 unspecified atom stereocenters. The Labute approximate surface area is 163 Å². The smallest absolute Gasteiger partial charge is 0.199 e. The van der Waals surface area contributed by atoms with Crippen LogP contribution in [0.25, 0.3) is 10.8 Å². The molecule has 0 fully saturated rings. The van der Waals surface area contributed by atoms with Gasteiger partial charge in [-0.2, -0.15) is 0 Å². The number of benzene rings is 3. The molecule has 0 amide bonds. The summed E-state index contributed by atoms with van der Waals surface area (Å²) in [5, 5.41) is 11.6. The zero-order valence-electron chi connectivity index (χ0n) is 14.8. The molecule has 0 atom stereocenters. The highest BCUT2D eigenvalue weighted by Gasteiger charge is 2.37. The van der Waals surface area contributed by atoms with E-state index in [1.165, 1.54) is 26.4 Å². The maximum absolute atomic E-state index is 13.4. The molecule has 0 bridgehead atoms. The Morgan fingerprint density at radius 3 is 2.26 bits per heavy atom. The van der Waals surface area contributed by atoms with Crippen molar-refractivity contribution in [1.29, 1.82) is 0 Å². The highest BCUT2D eigenvalue weighted by atomic mass is 79.9. The minimum atomic E-state index is -0.435. The normalized spacial score (nSPS) is 12.7. The second kappa shape index (κ2) is 6.09. The molecule has 0 spiro atoms. The zero-order chi connectivity index (χ0) is 19.5. The molecule has 6 heteroatoms. The number of carbonyl (C=O) groups is 2. The topological polar surface area (TPSA) is 72.8 Å². The summed E-state index contributed by atoms with van der Waals surface area (Å²) in [6, 6.07) is 8.07. The van der Waals surface area contributed by atoms with Gasteiger partial charge in [0.1, 0.15) is 17.2 Å². The Morgan fingerprint density at radius 2 is 1.59 bits per heavy atom. The SMILES string of the molecule is COc1ccc(O)c2c1C(=O)c1ccc3c(Br)c(C)cc(OC)c3c1C2=O. The van der Waals surface area contributed by atoms with E-state index < -0.39 is 5.78 Å². The van der Waals surface area contributed by atoms with Gasteiger partial charge in [-0.15, -0.1) is 0 Å². The van der Waals surface area contributed by atoms with Crippen molar-refractivity contribution in [2.75, 3.05) is 14.2 Å². The Kier molecular flexibility index (Phi) is 3.96. The second-order valence-corrected chi connectivity index (χ2v) is 7.11. The van der Waals surface area contributed by atoms with E-state index in [0.29, 0.717) is 11.1 Å². The predicted octanol–water partition coefficient (Wildman–Crippen LogP) is 4.41. The van der Waals surface area contributed by atoms with Gasteiger partial charge in [0.15, 0.2) is 11.6 Å². The van der Waals surface area contributed by atoms with E-state index in [2.05, 4.69) is 15.9 Å². The van der Waals surface area contributed by atoms with Crippen molar-refractivity contribution in [3.05, 3.63) is 62.6 Å². The van der Waals surface area contributed by atoms with Crippen LogP contribution in [-0.2, 0) is 0 Å². The number of phenolic OH excluding ortho intramolecular Hbond substituents is 1. The van der Waals surface area contributed by atoms with Crippen molar-refractivity contribution in [3.63, 3.8) is 0 Å². The molecule has 1 N–H and O–H groups in total. The van der Waals surface area contributed by atoms with Gasteiger partial charge in [-0.1, -0.05) is 6.07 Å². The van der Waals surface area contributed by atoms with Crippen molar-refractivity contribution in [2.24, 2.45) is 0 Å². The van der Waals surface area contributed by atoms with Gasteiger partial charge in [-0.3, -0.25) is 9.59 Å². The summed E-state index contributed by atoms with van der Waals surface area (Å²) in [6.07, 6.45) is 0. The molecule has 4 rings (SSSR count). The van der Waals surface area contributed by atoms with Crippen LogP contribution in [-0.4, -0.2) is 30.9 Å². The van der Waals surface area contributed by atoms with Gasteiger partial charge in [0.05, 0.1) is 25.3 Å². The molecule has 3 aromatic carbocycles. The van der Waals surface area contributed by atoms with Gasteiger partial charge in [-0.25, -0.2) is 0 Å². The molecule has 0 aromatic heterocycles. The number of carbonyl (C=O) groups excluding carboxylic acids is 2. The number of ether oxygens (including phenoxy) is 2. The molecule has 5 nitrogen and oxygen atoms in total. The molecule has 0 saturated heterocycles. The van der Waals surface area contributed by atoms with E-state index in [0.717, 1.165) is 15.4 Å². The molecule has 0 heterocycles. The number of ketones is 2. The van der Waals surface area contributed by atoms with Crippen molar-refractivity contribution in [3.8, 4) is 17.2 Å². The largest absolute Gasteiger partial charge is 0.507 e. The summed E-state index contributed by atoms with van der Waals surface area (Å²) < 4.78 is 11.6. The summed E-state index contributed by atoms with van der Waals surface area (Å²) in [7, 11) is 2.94. The summed E-state index contributed by atoms with van der Waals surface area (Å²) >= 11 is 3.55. The first-order valence-electron chi connectivity index (χ1n) is 8.19. The fraction of sp³-hybridized carbons (Fsp3) is 0.143. The Bertz CT molecular complexity index is 1160. The third kappa shape index (κ3) is 2.29. The molecule has 27 heavy (non-hydrogen) atoms. The Morgan fingerprint density at radius 1 is 0.889 bits per heavy atom. The van der Waals surface area contributed by atoms with Crippen LogP contribution in [0.5, 0.6) is 17.2 Å². The van der Waals surface area contributed by atoms with Crippen molar-refractivity contribution < 1.29 is 24.2 Å². The number of aryl methyl sites for hydroxylation is 1. The maximum Gasteiger partial charge on any atom is 0.199 e. The number of hydrogen-bond acceptors (Lipinski definition) is 5. The van der Waals surface area contributed by atoms with Crippen molar-refractivity contribution >= 4 is 38.3 Å². The molecule has 0 aliphatic heterocycles. The van der Waals surface area contributed by atoms with Crippen LogP contribution in [0.15, 0.2) is 34.8 Å². The number of aromatic hydroxyl groups is 1. The molecular formula is C21H15BrO5. The highest BCUT2D eigenvalue weighted by molar-refractivity contribution is 9.10. The first kappa shape index (κ1) is 17.5. The predicted molar refractivity (Wildman–Crippen MR) is 104 cm³/mol. The van der Waals surface area contributed by atoms with Gasteiger partial charge >= 0.3 is 0 Å². The van der Waals surface area contributed by atoms with Crippen LogP contribution >= 0.6 is 15.9 Å². The van der Waals surface area contributed by atoms with Crippen LogP contribution in [0.3, 0.4) is 0 Å². The van der Waals surface area contributed by atoms with Gasteiger partial charge in [-0.05, 0) is 52.7 Å². The van der Waals surface area contributed by atoms with Gasteiger partial charge in [0, 0.05) is 26.4 Å². The van der Waals surface area contributed by atoms with E-state index in [4.69, 9.17) is 9.47 Å². The fourth-order valence-electron chi connectivity index (χ4n) is 3.63. The van der Waals surface area contributed by atoms with E-state index in [1.807, 2.05) is 13.0 Å². The standard InChI is InChI=1S/C21H15BrO5/c1-9-8-14(27-3)15-10(19(9)22)4-5-11-16(15)21(25)17-12(23)6-7-13(26-2)18(17)20(11)24/h4-8,23H,1-3H3. The number of fused-ring (bicyclic) bond motifs is 4. The van der Waals surface area contributed by atoms with Crippen molar-refractivity contribution in [2.45, 2.75) is 6.92 Å². The monoisotopic (exact) mass is 426 g/mol. The fourth-order valence-corrected chi connectivity index (χ4v) is 4.07. The molecule has 136 valence electrons. The van der Waals surface area contributed by atoms with Crippen LogP contribution in [0.1, 0.15) is 37.4 Å². The Balaban J connectivity index is 2.17. The van der Waals surface area contributed by atoms with Crippen molar-refractivity contribution in [1.82, 2.24) is 0 Å². The van der Waals surface area contributed by atoms with Gasteiger partial charge < -0.3 is 14.6 Å². The van der Waals surface area contributed by atoms with Gasteiger partial charge in [0.2, 0.25) is 0 Å². The van der Waals surface area contributed by atoms with E-state index in [9.17, 15) is 14.7 Å². The van der Waals surface area contributed by atoms with Crippen LogP contribution in [0, 0.1) is 6.92 Å². The molecule has 1 aliphatic carbocycles. The van der Waals surface area contributed by atoms with E-state index >= 15 is 0 Å². The zero-order valence-corrected chi connectivity index (χ0v) is 16.4. The summed E-state index contributed by atoms with van der Waals surface area (Å²) in [5.41, 5.74) is 1.47. The summed E-state index contributed by atoms with van der Waals surface area (Å²) in [6.45, 7) is 1.92. The third-order valence-corrected chi connectivity index (χ3v) is 5.95. The Hall–Kier alpha value is -2.86. The lowest BCUT2D eigenvalue weighted by atomic mass is 9.80. The average molecular weight is 427 g/mol. The number of hydrogen-bond donors (Lipinski definition) is 1. The quantitative estimate of drug-likeness (QED) is 0.513. The highest BCUT2D eigenvalue weighted by Crippen LogP contribution is 2.44. The van der Waals surface area contributed by atoms with Crippen LogP contribution in [0.2, 0.25) is 0 Å². The first-order valence-corrected chi connectivity index (χ1v) is 8.99. The minimum absolute atomic E-state index is 0.0434. The number of methoxy groups -OCH3 is 2. The summed E-state index contributed by atoms with van der Waals surface area (Å²) in [4.78, 5) is 26.6. The number of phenols is 1. The van der Waals surface area contributed by atoms with Crippen LogP contribution in [0.4, 0.5) is 0 Å². The third-order valence-electron chi connectivity index (χ3n) is 4.89. The maximum atomic E-state index is 13.4. The lowest BCUT2D eigenvalue weighted by Crippen LogP contribution is -2.22. The summed E-state index contributed by atoms with van der Waals surface area (Å²) in [5.74, 6) is -0.306. The first-order chi connectivity index (χ1) is 12.9. The second-order valence-electron chi connectivity index (χ2n) is 6.32. The minimum Gasteiger partial charge on any atom is -0.507 e. The molecular weight excluding hydrogens is 412 g/mol. The molecule has 0 radical (unpaired) electrons. The molecule has 0 saturated carbocycles. The lowest BCUT2D eigenvalue weighted by molar-refractivity contribution is 0.0975. The number of rotatable bonds is 2. The lowest BCUT2D eigenvalue weighted by Gasteiger charge is -2.23. The molecule has 3 aromatic rings. The number of halogens is 1. The van der Waals surface area contributed by atoms with E-state index in [-0.39, 0.29) is 39.5 Å². The van der Waals surface area contributed by atoms with Gasteiger partial charge in [0.25, 0.3) is 0 Å². The van der Waals surface area contributed by atoms with E-state index in [1.54, 1.807) is 12.1 Å². The average Bonchev–Trinajstić information content (AvgIpc) is 2.67. The van der Waals surface area contributed by atoms with Crippen LogP contribution < -0.4 is 9.47 Å².